The number of hydrogen-bond donors (Lipinski definition) is 1. The first-order valence-corrected chi connectivity index (χ1v) is 8.59. The van der Waals surface area contributed by atoms with Crippen LogP contribution in [-0.2, 0) is 6.42 Å². The Balaban J connectivity index is 2.07. The highest BCUT2D eigenvalue weighted by Crippen LogP contribution is 2.38. The molecule has 1 aromatic heterocycles. The van der Waals surface area contributed by atoms with Gasteiger partial charge in [-0.1, -0.05) is 37.8 Å². The predicted molar refractivity (Wildman–Crippen MR) is 84.2 cm³/mol. The largest absolute Gasteiger partial charge is 0.368 e. The number of nitrogens with zero attached hydrogens (tertiary/aromatic N) is 2. The molecule has 1 fully saturated rings. The maximum absolute atomic E-state index is 6.12. The maximum Gasteiger partial charge on any atom is 0.137 e. The number of aromatic nitrogens is 2. The Morgan fingerprint density at radius 1 is 1.32 bits per heavy atom. The van der Waals surface area contributed by atoms with Crippen molar-refractivity contribution in [1.29, 1.82) is 0 Å². The third-order valence-electron chi connectivity index (χ3n) is 4.02. The molecule has 5 heteroatoms. The summed E-state index contributed by atoms with van der Waals surface area (Å²) in [6.45, 7) is 3.05. The summed E-state index contributed by atoms with van der Waals surface area (Å²) in [5, 5.41) is 4.08. The van der Waals surface area contributed by atoms with E-state index in [1.54, 1.807) is 0 Å². The molecule has 0 unspecified atom stereocenters. The lowest BCUT2D eigenvalue weighted by Gasteiger charge is -2.36. The van der Waals surface area contributed by atoms with Gasteiger partial charge in [0.1, 0.15) is 17.3 Å². The van der Waals surface area contributed by atoms with Crippen molar-refractivity contribution in [2.75, 3.05) is 18.1 Å². The molecule has 19 heavy (non-hydrogen) atoms. The fraction of sp³-hybridized carbons (Fsp3) is 0.714. The van der Waals surface area contributed by atoms with Crippen molar-refractivity contribution in [3.8, 4) is 0 Å². The van der Waals surface area contributed by atoms with Gasteiger partial charge in [0.25, 0.3) is 0 Å². The molecule has 1 aromatic rings. The summed E-state index contributed by atoms with van der Waals surface area (Å²) >= 11 is 8.11. The zero-order chi connectivity index (χ0) is 13.7. The summed E-state index contributed by atoms with van der Waals surface area (Å²) in [6.07, 6.45) is 11.3. The van der Waals surface area contributed by atoms with Crippen LogP contribution in [0.3, 0.4) is 0 Å². The number of halogens is 1. The van der Waals surface area contributed by atoms with Crippen LogP contribution in [-0.4, -0.2) is 27.5 Å². The van der Waals surface area contributed by atoms with Crippen molar-refractivity contribution in [1.82, 2.24) is 9.97 Å². The van der Waals surface area contributed by atoms with E-state index in [9.17, 15) is 0 Å². The van der Waals surface area contributed by atoms with Gasteiger partial charge in [0.2, 0.25) is 0 Å². The summed E-state index contributed by atoms with van der Waals surface area (Å²) in [4.78, 5) is 8.40. The molecule has 1 aliphatic carbocycles. The minimum atomic E-state index is 0.362. The van der Waals surface area contributed by atoms with Gasteiger partial charge in [-0.3, -0.25) is 0 Å². The van der Waals surface area contributed by atoms with Crippen LogP contribution in [0.15, 0.2) is 6.33 Å². The van der Waals surface area contributed by atoms with Gasteiger partial charge < -0.3 is 5.32 Å². The minimum Gasteiger partial charge on any atom is -0.368 e. The predicted octanol–water partition coefficient (Wildman–Crippen LogP) is 4.17. The van der Waals surface area contributed by atoms with Crippen molar-refractivity contribution in [3.05, 3.63) is 17.0 Å². The van der Waals surface area contributed by atoms with E-state index >= 15 is 0 Å². The molecule has 0 aromatic carbocycles. The second kappa shape index (κ2) is 6.80. The molecule has 2 rings (SSSR count). The number of anilines is 1. The molecule has 3 nitrogen and oxygen atoms in total. The third-order valence-corrected chi connectivity index (χ3v) is 5.77. The van der Waals surface area contributed by atoms with Gasteiger partial charge in [-0.15, -0.1) is 0 Å². The summed E-state index contributed by atoms with van der Waals surface area (Å²) < 4.78 is 0.362. The van der Waals surface area contributed by atoms with Gasteiger partial charge in [-0.2, -0.15) is 11.8 Å². The van der Waals surface area contributed by atoms with Crippen LogP contribution in [0.4, 0.5) is 5.82 Å². The first-order chi connectivity index (χ1) is 9.21. The SMILES string of the molecule is CCc1c(Cl)ncnc1NCC1(SC)CCCCC1. The van der Waals surface area contributed by atoms with Gasteiger partial charge in [0.05, 0.1) is 0 Å². The lowest BCUT2D eigenvalue weighted by Crippen LogP contribution is -2.36. The van der Waals surface area contributed by atoms with E-state index in [0.29, 0.717) is 9.90 Å². The molecule has 1 N–H and O–H groups in total. The summed E-state index contributed by atoms with van der Waals surface area (Å²) in [6, 6.07) is 0. The molecule has 0 amide bonds. The maximum atomic E-state index is 6.12. The molecule has 1 saturated carbocycles. The Morgan fingerprint density at radius 3 is 2.68 bits per heavy atom. The van der Waals surface area contributed by atoms with Crippen LogP contribution in [0.5, 0.6) is 0 Å². The van der Waals surface area contributed by atoms with E-state index in [2.05, 4.69) is 28.5 Å². The Morgan fingerprint density at radius 2 is 2.05 bits per heavy atom. The van der Waals surface area contributed by atoms with Gasteiger partial charge >= 0.3 is 0 Å². The van der Waals surface area contributed by atoms with E-state index in [4.69, 9.17) is 11.6 Å². The van der Waals surface area contributed by atoms with E-state index in [1.807, 2.05) is 11.8 Å². The molecule has 0 bridgehead atoms. The fourth-order valence-corrected chi connectivity index (χ4v) is 3.93. The zero-order valence-corrected chi connectivity index (χ0v) is 13.3. The van der Waals surface area contributed by atoms with E-state index in [1.165, 1.54) is 38.4 Å². The third kappa shape index (κ3) is 3.54. The van der Waals surface area contributed by atoms with Crippen molar-refractivity contribution in [3.63, 3.8) is 0 Å². The molecule has 0 aliphatic heterocycles. The Labute approximate surface area is 124 Å². The second-order valence-electron chi connectivity index (χ2n) is 5.15. The lowest BCUT2D eigenvalue weighted by molar-refractivity contribution is 0.411. The van der Waals surface area contributed by atoms with Crippen molar-refractivity contribution >= 4 is 29.2 Å². The Hall–Kier alpha value is -0.480. The van der Waals surface area contributed by atoms with Crippen molar-refractivity contribution < 1.29 is 0 Å². The van der Waals surface area contributed by atoms with Crippen LogP contribution in [0.25, 0.3) is 0 Å². The monoisotopic (exact) mass is 299 g/mol. The van der Waals surface area contributed by atoms with Crippen LogP contribution in [0.2, 0.25) is 5.15 Å². The van der Waals surface area contributed by atoms with E-state index in [0.717, 1.165) is 24.3 Å². The van der Waals surface area contributed by atoms with Crippen molar-refractivity contribution in [2.45, 2.75) is 50.2 Å². The van der Waals surface area contributed by atoms with Gasteiger partial charge in [-0.25, -0.2) is 9.97 Å². The fourth-order valence-electron chi connectivity index (χ4n) is 2.75. The Bertz CT molecular complexity index is 419. The van der Waals surface area contributed by atoms with Crippen LogP contribution < -0.4 is 5.32 Å². The quantitative estimate of drug-likeness (QED) is 0.828. The number of hydrogen-bond acceptors (Lipinski definition) is 4. The zero-order valence-electron chi connectivity index (χ0n) is 11.7. The van der Waals surface area contributed by atoms with Gasteiger partial charge in [0, 0.05) is 16.9 Å². The lowest BCUT2D eigenvalue weighted by atomic mass is 9.88. The first kappa shape index (κ1) is 14.9. The Kier molecular flexibility index (Phi) is 5.34. The summed E-state index contributed by atoms with van der Waals surface area (Å²) in [5.41, 5.74) is 1.02. The van der Waals surface area contributed by atoms with Crippen molar-refractivity contribution in [2.24, 2.45) is 0 Å². The normalized spacial score (nSPS) is 18.3. The average molecular weight is 300 g/mol. The minimum absolute atomic E-state index is 0.362. The van der Waals surface area contributed by atoms with Crippen LogP contribution >= 0.6 is 23.4 Å². The molecule has 1 heterocycles. The molecule has 106 valence electrons. The average Bonchev–Trinajstić information content (AvgIpc) is 2.46. The molecular formula is C14H22ClN3S. The molecule has 0 atom stereocenters. The second-order valence-corrected chi connectivity index (χ2v) is 6.78. The molecular weight excluding hydrogens is 278 g/mol. The van der Waals surface area contributed by atoms with Crippen LogP contribution in [0.1, 0.15) is 44.6 Å². The highest BCUT2D eigenvalue weighted by atomic mass is 35.5. The van der Waals surface area contributed by atoms with E-state index < -0.39 is 0 Å². The topological polar surface area (TPSA) is 37.8 Å². The smallest absolute Gasteiger partial charge is 0.137 e. The molecule has 1 aliphatic rings. The number of thioether (sulfide) groups is 1. The summed E-state index contributed by atoms with van der Waals surface area (Å²) in [5.74, 6) is 0.904. The van der Waals surface area contributed by atoms with Crippen LogP contribution in [0, 0.1) is 0 Å². The van der Waals surface area contributed by atoms with E-state index in [-0.39, 0.29) is 0 Å². The molecule has 0 spiro atoms. The van der Waals surface area contributed by atoms with Gasteiger partial charge in [-0.05, 0) is 25.5 Å². The standard InChI is InChI=1S/C14H22ClN3S/c1-3-11-12(15)17-10-18-13(11)16-9-14(19-2)7-5-4-6-8-14/h10H,3-9H2,1-2H3,(H,16,17,18). The molecule has 0 saturated heterocycles. The highest BCUT2D eigenvalue weighted by molar-refractivity contribution is 8.00. The highest BCUT2D eigenvalue weighted by Gasteiger charge is 2.31. The number of rotatable bonds is 5. The number of nitrogens with one attached hydrogen (secondary N) is 1. The van der Waals surface area contributed by atoms with Gasteiger partial charge in [0.15, 0.2) is 0 Å². The summed E-state index contributed by atoms with van der Waals surface area (Å²) in [7, 11) is 0. The molecule has 0 radical (unpaired) electrons. The first-order valence-electron chi connectivity index (χ1n) is 6.99.